The molecule has 3 rings (SSSR count). The Labute approximate surface area is 171 Å². The Morgan fingerprint density at radius 3 is 2.77 bits per heavy atom. The third-order valence-electron chi connectivity index (χ3n) is 3.91. The van der Waals surface area contributed by atoms with Crippen molar-refractivity contribution in [2.45, 2.75) is 19.9 Å². The fourth-order valence-corrected chi connectivity index (χ4v) is 2.62. The third kappa shape index (κ3) is 5.65. The van der Waals surface area contributed by atoms with Gasteiger partial charge in [0.2, 0.25) is 0 Å². The van der Waals surface area contributed by atoms with E-state index in [2.05, 4.69) is 25.5 Å². The number of aromatic nitrogens is 5. The van der Waals surface area contributed by atoms with Crippen LogP contribution in [0.1, 0.15) is 28.8 Å². The molecule has 2 aromatic heterocycles. The van der Waals surface area contributed by atoms with E-state index < -0.39 is 11.7 Å². The van der Waals surface area contributed by atoms with Gasteiger partial charge in [-0.15, -0.1) is 10.2 Å². The molecule has 0 aliphatic heterocycles. The van der Waals surface area contributed by atoms with Crippen LogP contribution in [0.15, 0.2) is 36.9 Å². The van der Waals surface area contributed by atoms with Gasteiger partial charge < -0.3 is 15.0 Å². The maximum Gasteiger partial charge on any atom is 0.290 e. The van der Waals surface area contributed by atoms with Crippen molar-refractivity contribution in [1.29, 1.82) is 5.26 Å². The van der Waals surface area contributed by atoms with E-state index in [1.54, 1.807) is 6.33 Å². The molecule has 0 spiro atoms. The highest BCUT2D eigenvalue weighted by Gasteiger charge is 2.14. The minimum Gasteiger partial charge on any atom is -0.483 e. The lowest BCUT2D eigenvalue weighted by atomic mass is 10.1. The number of rotatable bonds is 6. The molecule has 2 heterocycles. The number of aryl methyl sites for hydroxylation is 1. The Morgan fingerprint density at radius 1 is 1.33 bits per heavy atom. The van der Waals surface area contributed by atoms with Gasteiger partial charge in [-0.3, -0.25) is 14.6 Å². The summed E-state index contributed by atoms with van der Waals surface area (Å²) < 4.78 is 15.9. The summed E-state index contributed by atoms with van der Waals surface area (Å²) >= 11 is 0. The molecule has 0 saturated carbocycles. The Kier molecular flexibility index (Phi) is 8.07. The maximum atomic E-state index is 14.0. The predicted molar refractivity (Wildman–Crippen MR) is 103 cm³/mol. The van der Waals surface area contributed by atoms with Crippen LogP contribution in [0, 0.1) is 17.1 Å². The lowest BCUT2D eigenvalue weighted by Crippen LogP contribution is -2.26. The molecule has 3 aromatic rings. The van der Waals surface area contributed by atoms with Gasteiger partial charge in [0.15, 0.2) is 5.69 Å². The van der Waals surface area contributed by atoms with Gasteiger partial charge in [0, 0.05) is 43.0 Å². The van der Waals surface area contributed by atoms with E-state index in [0.717, 1.165) is 18.4 Å². The molecule has 154 valence electrons. The van der Waals surface area contributed by atoms with Crippen LogP contribution in [-0.4, -0.2) is 48.8 Å². The highest BCUT2D eigenvalue weighted by atomic mass is 19.1. The molecule has 0 aliphatic rings. The Balaban J connectivity index is 0.00000101. The van der Waals surface area contributed by atoms with Crippen molar-refractivity contribution in [2.24, 2.45) is 0 Å². The van der Waals surface area contributed by atoms with Gasteiger partial charge in [0.1, 0.15) is 29.7 Å². The van der Waals surface area contributed by atoms with Gasteiger partial charge in [-0.25, -0.2) is 9.37 Å². The summed E-state index contributed by atoms with van der Waals surface area (Å²) in [6.45, 7) is 2.79. The van der Waals surface area contributed by atoms with Gasteiger partial charge in [0.05, 0.1) is 0 Å². The molecular weight excluding hydrogens is 393 g/mol. The summed E-state index contributed by atoms with van der Waals surface area (Å²) in [7, 11) is 0. The normalized spacial score (nSPS) is 9.77. The summed E-state index contributed by atoms with van der Waals surface area (Å²) in [4.78, 5) is 28.7. The van der Waals surface area contributed by atoms with Crippen LogP contribution in [0.3, 0.4) is 0 Å². The highest BCUT2D eigenvalue weighted by Crippen LogP contribution is 2.22. The fraction of sp³-hybridized carbons (Fsp3) is 0.211. The smallest absolute Gasteiger partial charge is 0.290 e. The Bertz CT molecular complexity index is 1060. The van der Waals surface area contributed by atoms with Crippen molar-refractivity contribution in [1.82, 2.24) is 30.0 Å². The van der Waals surface area contributed by atoms with Crippen molar-refractivity contribution < 1.29 is 19.1 Å². The average Bonchev–Trinajstić information content (AvgIpc) is 3.21. The zero-order valence-electron chi connectivity index (χ0n) is 16.0. The predicted octanol–water partition coefficient (Wildman–Crippen LogP) is 1.44. The summed E-state index contributed by atoms with van der Waals surface area (Å²) in [5, 5.41) is 26.6. The molecule has 2 N–H and O–H groups in total. The lowest BCUT2D eigenvalue weighted by molar-refractivity contribution is -0.122. The maximum absolute atomic E-state index is 14.0. The minimum atomic E-state index is -0.599. The zero-order chi connectivity index (χ0) is 21.9. The first-order valence-corrected chi connectivity index (χ1v) is 8.78. The molecule has 0 unspecified atom stereocenters. The van der Waals surface area contributed by atoms with Crippen LogP contribution in [0.2, 0.25) is 0 Å². The standard InChI is InChI=1S/C18H16FN7O.CH2O2/c1-2-26-11-24-25-16(26)3-4-23-18(27)13-7-12(8-14(19)9-13)17-15(10-20)21-5-6-22-17;2-1-3/h5-9,11H,2-4H2,1H3,(H,23,27);1H,(H,2,3). The van der Waals surface area contributed by atoms with Crippen molar-refractivity contribution in [3.05, 3.63) is 59.8 Å². The SMILES string of the molecule is CCn1cnnc1CCNC(=O)c1cc(F)cc(-c2nccnc2C#N)c1.O=CO. The number of amides is 1. The second-order valence-electron chi connectivity index (χ2n) is 5.74. The van der Waals surface area contributed by atoms with Gasteiger partial charge >= 0.3 is 0 Å². The molecule has 0 fully saturated rings. The largest absolute Gasteiger partial charge is 0.483 e. The van der Waals surface area contributed by atoms with E-state index in [1.807, 2.05) is 17.6 Å². The van der Waals surface area contributed by atoms with E-state index in [4.69, 9.17) is 15.2 Å². The first kappa shape index (κ1) is 22.1. The van der Waals surface area contributed by atoms with Crippen molar-refractivity contribution in [3.63, 3.8) is 0 Å². The van der Waals surface area contributed by atoms with Crippen molar-refractivity contribution in [3.8, 4) is 17.3 Å². The lowest BCUT2D eigenvalue weighted by Gasteiger charge is -2.08. The molecule has 30 heavy (non-hydrogen) atoms. The van der Waals surface area contributed by atoms with E-state index in [-0.39, 0.29) is 23.4 Å². The molecular formula is C19H18FN7O3. The number of nitrogens with zero attached hydrogens (tertiary/aromatic N) is 6. The van der Waals surface area contributed by atoms with Gasteiger partial charge in [-0.1, -0.05) is 0 Å². The van der Waals surface area contributed by atoms with Crippen molar-refractivity contribution in [2.75, 3.05) is 6.54 Å². The third-order valence-corrected chi connectivity index (χ3v) is 3.91. The number of carboxylic acid groups (broad SMARTS) is 1. The Hall–Kier alpha value is -4.20. The minimum absolute atomic E-state index is 0.0633. The molecule has 1 amide bonds. The molecule has 0 radical (unpaired) electrons. The van der Waals surface area contributed by atoms with E-state index >= 15 is 0 Å². The van der Waals surface area contributed by atoms with E-state index in [0.29, 0.717) is 18.5 Å². The molecule has 1 aromatic carbocycles. The summed E-state index contributed by atoms with van der Waals surface area (Å²) in [6.07, 6.45) is 4.92. The molecule has 0 aliphatic carbocycles. The number of hydrogen-bond donors (Lipinski definition) is 2. The molecule has 0 bridgehead atoms. The van der Waals surface area contributed by atoms with Crippen LogP contribution in [0.4, 0.5) is 4.39 Å². The number of halogens is 1. The number of benzene rings is 1. The zero-order valence-corrected chi connectivity index (χ0v) is 16.0. The topological polar surface area (TPSA) is 147 Å². The summed E-state index contributed by atoms with van der Waals surface area (Å²) in [6, 6.07) is 5.74. The van der Waals surface area contributed by atoms with Gasteiger partial charge in [-0.05, 0) is 25.1 Å². The van der Waals surface area contributed by atoms with Gasteiger partial charge in [0.25, 0.3) is 12.4 Å². The van der Waals surface area contributed by atoms with E-state index in [9.17, 15) is 9.18 Å². The van der Waals surface area contributed by atoms with Crippen LogP contribution in [0.25, 0.3) is 11.3 Å². The Morgan fingerprint density at radius 2 is 2.07 bits per heavy atom. The average molecular weight is 411 g/mol. The second kappa shape index (κ2) is 11.0. The first-order valence-electron chi connectivity index (χ1n) is 8.78. The first-order chi connectivity index (χ1) is 14.5. The van der Waals surface area contributed by atoms with Crippen molar-refractivity contribution >= 4 is 12.4 Å². The number of hydrogen-bond acceptors (Lipinski definition) is 7. The van der Waals surface area contributed by atoms with Crippen LogP contribution >= 0.6 is 0 Å². The summed E-state index contributed by atoms with van der Waals surface area (Å²) in [5.41, 5.74) is 0.741. The second-order valence-corrected chi connectivity index (χ2v) is 5.74. The summed E-state index contributed by atoms with van der Waals surface area (Å²) in [5.74, 6) is -0.269. The molecule has 0 saturated heterocycles. The van der Waals surface area contributed by atoms with Crippen LogP contribution in [0.5, 0.6) is 0 Å². The van der Waals surface area contributed by atoms with Crippen LogP contribution in [-0.2, 0) is 17.8 Å². The highest BCUT2D eigenvalue weighted by molar-refractivity contribution is 5.95. The monoisotopic (exact) mass is 411 g/mol. The molecule has 10 nitrogen and oxygen atoms in total. The molecule has 11 heteroatoms. The molecule has 0 atom stereocenters. The number of nitrogens with one attached hydrogen (secondary N) is 1. The van der Waals surface area contributed by atoms with E-state index in [1.165, 1.54) is 24.5 Å². The number of carbonyl (C=O) groups is 2. The number of nitriles is 1. The van der Waals surface area contributed by atoms with Crippen LogP contribution < -0.4 is 5.32 Å². The van der Waals surface area contributed by atoms with Gasteiger partial charge in [-0.2, -0.15) is 5.26 Å². The fourth-order valence-electron chi connectivity index (χ4n) is 2.62. The number of carbonyl (C=O) groups excluding carboxylic acids is 1. The quantitative estimate of drug-likeness (QED) is 0.579.